The molecule has 2 N–H and O–H groups in total. The number of halogens is 5. The first kappa shape index (κ1) is 23.1. The van der Waals surface area contributed by atoms with E-state index in [-0.39, 0.29) is 40.6 Å². The number of hydrazone groups is 1. The first-order valence-electron chi connectivity index (χ1n) is 10.0. The van der Waals surface area contributed by atoms with Gasteiger partial charge in [0.1, 0.15) is 17.1 Å². The first-order valence-corrected chi connectivity index (χ1v) is 10.0. The Morgan fingerprint density at radius 2 is 1.59 bits per heavy atom. The highest BCUT2D eigenvalue weighted by Gasteiger charge is 2.28. The van der Waals surface area contributed by atoms with Crippen LogP contribution in [0.15, 0.2) is 50.7 Å². The van der Waals surface area contributed by atoms with E-state index in [1.807, 2.05) is 5.43 Å². The van der Waals surface area contributed by atoms with E-state index in [4.69, 9.17) is 4.42 Å². The number of amides is 1. The lowest BCUT2D eigenvalue weighted by molar-refractivity contribution is 0.102. The molecule has 3 aromatic rings. The molecule has 1 aliphatic rings. The fraction of sp³-hybridized carbons (Fsp3) is 0.174. The van der Waals surface area contributed by atoms with Crippen LogP contribution < -0.4 is 16.4 Å². The molecule has 0 aliphatic heterocycles. The summed E-state index contributed by atoms with van der Waals surface area (Å²) in [5.41, 5.74) is 0.238. The lowest BCUT2D eigenvalue weighted by atomic mass is 9.87. The van der Waals surface area contributed by atoms with Crippen molar-refractivity contribution in [2.24, 2.45) is 11.0 Å². The van der Waals surface area contributed by atoms with E-state index < -0.39 is 46.3 Å². The zero-order valence-electron chi connectivity index (χ0n) is 17.5. The highest BCUT2D eigenvalue weighted by atomic mass is 19.2. The maximum atomic E-state index is 14.0. The van der Waals surface area contributed by atoms with Crippen LogP contribution >= 0.6 is 0 Å². The third kappa shape index (κ3) is 4.28. The molecule has 176 valence electrons. The predicted octanol–water partition coefficient (Wildman–Crippen LogP) is 4.99. The molecule has 0 bridgehead atoms. The minimum atomic E-state index is -2.29. The second kappa shape index (κ2) is 9.08. The summed E-state index contributed by atoms with van der Waals surface area (Å²) in [5.74, 6) is -11.1. The number of nitrogens with one attached hydrogen (secondary N) is 2. The van der Waals surface area contributed by atoms with E-state index in [2.05, 4.69) is 10.4 Å². The number of rotatable bonds is 4. The summed E-state index contributed by atoms with van der Waals surface area (Å²) < 4.78 is 73.6. The highest BCUT2D eigenvalue weighted by molar-refractivity contribution is 6.06. The van der Waals surface area contributed by atoms with Gasteiger partial charge in [0, 0.05) is 17.5 Å². The number of benzene rings is 2. The van der Waals surface area contributed by atoms with E-state index in [0.717, 1.165) is 0 Å². The van der Waals surface area contributed by atoms with Crippen LogP contribution in [0.25, 0.3) is 0 Å². The van der Waals surface area contributed by atoms with Crippen molar-refractivity contribution in [3.8, 4) is 0 Å². The molecule has 2 aromatic carbocycles. The molecule has 0 fully saturated rings. The summed E-state index contributed by atoms with van der Waals surface area (Å²) in [6.07, 6.45) is 0.564. The van der Waals surface area contributed by atoms with Crippen molar-refractivity contribution in [3.05, 3.63) is 92.8 Å². The summed E-state index contributed by atoms with van der Waals surface area (Å²) in [7, 11) is 0. The molecule has 1 aromatic heterocycles. The minimum absolute atomic E-state index is 0.114. The molecule has 0 saturated carbocycles. The topological polar surface area (TPSA) is 83.7 Å². The number of carbonyl (C=O) groups excluding carboxylic acids is 1. The maximum Gasteiger partial charge on any atom is 0.359 e. The van der Waals surface area contributed by atoms with Crippen molar-refractivity contribution in [1.82, 2.24) is 0 Å². The largest absolute Gasteiger partial charge is 0.426 e. The molecule has 0 radical (unpaired) electrons. The molecule has 34 heavy (non-hydrogen) atoms. The molecular weight excluding hydrogens is 461 g/mol. The normalized spacial score (nSPS) is 16.3. The van der Waals surface area contributed by atoms with Gasteiger partial charge in [-0.1, -0.05) is 25.1 Å². The Morgan fingerprint density at radius 1 is 0.971 bits per heavy atom. The van der Waals surface area contributed by atoms with Crippen LogP contribution in [0.3, 0.4) is 0 Å². The lowest BCUT2D eigenvalue weighted by Crippen LogP contribution is -2.25. The summed E-state index contributed by atoms with van der Waals surface area (Å²) in [6, 6.07) is 9.37. The summed E-state index contributed by atoms with van der Waals surface area (Å²) in [6.45, 7) is 1.79. The Bertz CT molecular complexity index is 1340. The van der Waals surface area contributed by atoms with Gasteiger partial charge in [0.15, 0.2) is 23.3 Å². The van der Waals surface area contributed by atoms with Crippen molar-refractivity contribution in [2.45, 2.75) is 19.8 Å². The monoisotopic (exact) mass is 477 g/mol. The molecule has 1 heterocycles. The van der Waals surface area contributed by atoms with Gasteiger partial charge in [0.05, 0.1) is 5.71 Å². The molecule has 0 saturated heterocycles. The maximum absolute atomic E-state index is 14.0. The van der Waals surface area contributed by atoms with Crippen molar-refractivity contribution < 1.29 is 31.2 Å². The predicted molar refractivity (Wildman–Crippen MR) is 113 cm³/mol. The molecule has 1 aliphatic carbocycles. The zero-order chi connectivity index (χ0) is 24.6. The van der Waals surface area contributed by atoms with Crippen LogP contribution in [-0.2, 0) is 6.42 Å². The van der Waals surface area contributed by atoms with Gasteiger partial charge < -0.3 is 9.73 Å². The van der Waals surface area contributed by atoms with Gasteiger partial charge in [0.2, 0.25) is 5.82 Å². The van der Waals surface area contributed by atoms with Crippen molar-refractivity contribution in [2.75, 3.05) is 10.7 Å². The lowest BCUT2D eigenvalue weighted by Gasteiger charge is -2.22. The molecular formula is C23H16F5N3O3. The third-order valence-corrected chi connectivity index (χ3v) is 5.21. The van der Waals surface area contributed by atoms with E-state index in [1.54, 1.807) is 25.1 Å². The molecule has 1 atom stereocenters. The fourth-order valence-corrected chi connectivity index (χ4v) is 3.53. The van der Waals surface area contributed by atoms with Gasteiger partial charge in [-0.3, -0.25) is 10.2 Å². The third-order valence-electron chi connectivity index (χ3n) is 5.21. The smallest absolute Gasteiger partial charge is 0.359 e. The molecule has 0 spiro atoms. The SMILES string of the molecule is CC1C/C(=N\Nc2c(F)c(F)c(F)c(F)c2F)c2cc(NC(=O)c3ccccc3)c(=O)oc2C1. The Kier molecular flexibility index (Phi) is 6.18. The van der Waals surface area contributed by atoms with Gasteiger partial charge >= 0.3 is 5.63 Å². The van der Waals surface area contributed by atoms with E-state index in [9.17, 15) is 31.5 Å². The molecule has 6 nitrogen and oxygen atoms in total. The zero-order valence-corrected chi connectivity index (χ0v) is 17.5. The van der Waals surface area contributed by atoms with E-state index in [1.165, 1.54) is 18.2 Å². The fourth-order valence-electron chi connectivity index (χ4n) is 3.53. The minimum Gasteiger partial charge on any atom is -0.426 e. The number of fused-ring (bicyclic) bond motifs is 1. The van der Waals surface area contributed by atoms with Gasteiger partial charge in [-0.25, -0.2) is 26.7 Å². The summed E-state index contributed by atoms with van der Waals surface area (Å²) in [4.78, 5) is 24.8. The van der Waals surface area contributed by atoms with Gasteiger partial charge in [0.25, 0.3) is 5.91 Å². The second-order valence-electron chi connectivity index (χ2n) is 7.73. The Balaban J connectivity index is 1.71. The van der Waals surface area contributed by atoms with Crippen molar-refractivity contribution in [1.29, 1.82) is 0 Å². The van der Waals surface area contributed by atoms with E-state index in [0.29, 0.717) is 6.42 Å². The molecule has 4 rings (SSSR count). The second-order valence-corrected chi connectivity index (χ2v) is 7.73. The van der Waals surface area contributed by atoms with Crippen LogP contribution in [-0.4, -0.2) is 11.6 Å². The van der Waals surface area contributed by atoms with E-state index >= 15 is 0 Å². The van der Waals surface area contributed by atoms with Crippen LogP contribution in [0.2, 0.25) is 0 Å². The van der Waals surface area contributed by atoms with Crippen molar-refractivity contribution >= 4 is 23.0 Å². The van der Waals surface area contributed by atoms with Crippen LogP contribution in [0.5, 0.6) is 0 Å². The molecule has 1 unspecified atom stereocenters. The van der Waals surface area contributed by atoms with Crippen LogP contribution in [0.1, 0.15) is 35.0 Å². The number of hydrogen-bond donors (Lipinski definition) is 2. The quantitative estimate of drug-likeness (QED) is 0.240. The number of carbonyl (C=O) groups is 1. The van der Waals surface area contributed by atoms with Gasteiger partial charge in [-0.15, -0.1) is 0 Å². The van der Waals surface area contributed by atoms with Crippen LogP contribution in [0, 0.1) is 35.0 Å². The standard InChI is InChI=1S/C23H16F5N3O3/c1-10-7-13(30-31-21-19(27)17(25)16(24)18(26)20(21)28)12-9-14(23(33)34-15(12)8-10)29-22(32)11-5-3-2-4-6-11/h2-6,9-10,31H,7-8H2,1H3,(H,29,32)/b30-13+. The Labute approximate surface area is 189 Å². The molecule has 1 amide bonds. The van der Waals surface area contributed by atoms with Gasteiger partial charge in [-0.05, 0) is 30.5 Å². The first-order chi connectivity index (χ1) is 16.2. The van der Waals surface area contributed by atoms with Gasteiger partial charge in [-0.2, -0.15) is 5.10 Å². The highest BCUT2D eigenvalue weighted by Crippen LogP contribution is 2.30. The number of hydrogen-bond acceptors (Lipinski definition) is 5. The summed E-state index contributed by atoms with van der Waals surface area (Å²) in [5, 5.41) is 6.28. The average molecular weight is 477 g/mol. The number of anilines is 2. The Morgan fingerprint density at radius 3 is 2.24 bits per heavy atom. The van der Waals surface area contributed by atoms with Crippen molar-refractivity contribution in [3.63, 3.8) is 0 Å². The average Bonchev–Trinajstić information content (AvgIpc) is 2.82. The van der Waals surface area contributed by atoms with Crippen LogP contribution in [0.4, 0.5) is 33.3 Å². The number of nitrogens with zero attached hydrogens (tertiary/aromatic N) is 1. The molecule has 11 heteroatoms. The summed E-state index contributed by atoms with van der Waals surface area (Å²) >= 11 is 0. The Hall–Kier alpha value is -4.02.